The number of amides is 1. The fourth-order valence-corrected chi connectivity index (χ4v) is 2.95. The molecule has 1 amide bonds. The van der Waals surface area contributed by atoms with Crippen LogP contribution in [-0.2, 0) is 4.79 Å². The smallest absolute Gasteiger partial charge is 0.266 e. The van der Waals surface area contributed by atoms with Crippen LogP contribution in [0.3, 0.4) is 0 Å². The molecule has 4 heteroatoms. The molecule has 0 atom stereocenters. The third-order valence-corrected chi connectivity index (χ3v) is 4.36. The van der Waals surface area contributed by atoms with Crippen LogP contribution in [0.5, 0.6) is 0 Å². The van der Waals surface area contributed by atoms with Crippen molar-refractivity contribution >= 4 is 23.5 Å². The van der Waals surface area contributed by atoms with Crippen LogP contribution in [0.2, 0.25) is 0 Å². The average Bonchev–Trinajstić information content (AvgIpc) is 3.01. The highest BCUT2D eigenvalue weighted by Gasteiger charge is 2.32. The van der Waals surface area contributed by atoms with Crippen molar-refractivity contribution in [3.05, 3.63) is 107 Å². The molecule has 0 N–H and O–H groups in total. The zero-order valence-electron chi connectivity index (χ0n) is 14.8. The van der Waals surface area contributed by atoms with E-state index >= 15 is 0 Å². The summed E-state index contributed by atoms with van der Waals surface area (Å²) in [6.07, 6.45) is 1.68. The van der Waals surface area contributed by atoms with Crippen molar-refractivity contribution in [3.63, 3.8) is 0 Å². The average molecular weight is 356 g/mol. The molecule has 27 heavy (non-hydrogen) atoms. The number of nitrogens with zero attached hydrogens (tertiary/aromatic N) is 2. The minimum Gasteiger partial charge on any atom is -0.266 e. The molecule has 0 bridgehead atoms. The van der Waals surface area contributed by atoms with Crippen LogP contribution in [0.4, 0.5) is 10.1 Å². The zero-order valence-corrected chi connectivity index (χ0v) is 14.8. The van der Waals surface area contributed by atoms with Gasteiger partial charge in [0, 0.05) is 5.56 Å². The highest BCUT2D eigenvalue weighted by atomic mass is 19.1. The third kappa shape index (κ3) is 3.42. The monoisotopic (exact) mass is 356 g/mol. The maximum absolute atomic E-state index is 13.2. The van der Waals surface area contributed by atoms with Crippen molar-refractivity contribution in [2.75, 3.05) is 4.90 Å². The Hall–Kier alpha value is -3.53. The molecule has 0 aromatic heterocycles. The van der Waals surface area contributed by atoms with Gasteiger partial charge in [-0.1, -0.05) is 60.2 Å². The fourth-order valence-electron chi connectivity index (χ4n) is 2.95. The highest BCUT2D eigenvalue weighted by molar-refractivity contribution is 6.33. The first-order valence-electron chi connectivity index (χ1n) is 8.64. The van der Waals surface area contributed by atoms with E-state index < -0.39 is 0 Å². The Morgan fingerprint density at radius 2 is 1.56 bits per heavy atom. The maximum atomic E-state index is 13.2. The molecule has 0 aliphatic carbocycles. The molecule has 1 aliphatic rings. The third-order valence-electron chi connectivity index (χ3n) is 4.36. The van der Waals surface area contributed by atoms with Crippen LogP contribution < -0.4 is 4.90 Å². The van der Waals surface area contributed by atoms with Gasteiger partial charge >= 0.3 is 0 Å². The molecule has 3 aromatic rings. The molecule has 0 saturated carbocycles. The van der Waals surface area contributed by atoms with Crippen LogP contribution in [-0.4, -0.2) is 11.7 Å². The lowest BCUT2D eigenvalue weighted by atomic mass is 10.1. The number of hydrogen-bond acceptors (Lipinski definition) is 2. The second kappa shape index (κ2) is 7.00. The Kier molecular flexibility index (Phi) is 4.38. The van der Waals surface area contributed by atoms with Crippen molar-refractivity contribution in [2.45, 2.75) is 6.92 Å². The minimum atomic E-state index is -0.315. The Balaban J connectivity index is 1.80. The number of aliphatic imine (C=N–C) groups is 1. The predicted molar refractivity (Wildman–Crippen MR) is 106 cm³/mol. The van der Waals surface area contributed by atoms with Gasteiger partial charge in [0.1, 0.15) is 17.3 Å². The Morgan fingerprint density at radius 1 is 0.889 bits per heavy atom. The number of hydrogen-bond donors (Lipinski definition) is 0. The molecule has 0 fully saturated rings. The minimum absolute atomic E-state index is 0.206. The number of benzene rings is 3. The highest BCUT2D eigenvalue weighted by Crippen LogP contribution is 2.28. The largest absolute Gasteiger partial charge is 0.282 e. The zero-order chi connectivity index (χ0) is 18.8. The number of anilines is 1. The summed E-state index contributed by atoms with van der Waals surface area (Å²) >= 11 is 0. The van der Waals surface area contributed by atoms with Gasteiger partial charge in [-0.3, -0.25) is 9.69 Å². The number of carbonyl (C=O) groups is 1. The number of amidine groups is 1. The molecule has 0 radical (unpaired) electrons. The van der Waals surface area contributed by atoms with Gasteiger partial charge in [-0.05, 0) is 42.8 Å². The summed E-state index contributed by atoms with van der Waals surface area (Å²) in [5.74, 6) is 0.0597. The molecule has 3 nitrogen and oxygen atoms in total. The lowest BCUT2D eigenvalue weighted by Gasteiger charge is -2.18. The van der Waals surface area contributed by atoms with E-state index in [9.17, 15) is 9.18 Å². The van der Waals surface area contributed by atoms with Gasteiger partial charge < -0.3 is 0 Å². The number of rotatable bonds is 3. The molecular formula is C23H17FN2O. The Bertz CT molecular complexity index is 1040. The fraction of sp³-hybridized carbons (Fsp3) is 0.0435. The van der Waals surface area contributed by atoms with E-state index in [1.807, 2.05) is 61.5 Å². The first kappa shape index (κ1) is 16.9. The summed E-state index contributed by atoms with van der Waals surface area (Å²) in [6.45, 7) is 2.00. The molecule has 0 unspecified atom stereocenters. The SMILES string of the molecule is Cc1ccc(N2C(=O)/C(=C/c3ccc(F)cc3)N=C2c2ccccc2)cc1. The Morgan fingerprint density at radius 3 is 2.22 bits per heavy atom. The van der Waals surface area contributed by atoms with Crippen molar-refractivity contribution in [3.8, 4) is 0 Å². The molecule has 132 valence electrons. The number of carbonyl (C=O) groups excluding carboxylic acids is 1. The lowest BCUT2D eigenvalue weighted by molar-refractivity contribution is -0.113. The molecule has 3 aromatic carbocycles. The van der Waals surface area contributed by atoms with E-state index in [1.165, 1.54) is 12.1 Å². The van der Waals surface area contributed by atoms with Crippen LogP contribution in [0.1, 0.15) is 16.7 Å². The standard InChI is InChI=1S/C23H17FN2O/c1-16-7-13-20(14-8-16)26-22(18-5-3-2-4-6-18)25-21(23(26)27)15-17-9-11-19(24)12-10-17/h2-15H,1H3/b21-15-. The second-order valence-corrected chi connectivity index (χ2v) is 6.36. The summed E-state index contributed by atoms with van der Waals surface area (Å²) in [5.41, 5.74) is 3.78. The lowest BCUT2D eigenvalue weighted by Crippen LogP contribution is -2.32. The van der Waals surface area contributed by atoms with Crippen molar-refractivity contribution in [1.82, 2.24) is 0 Å². The molecule has 4 rings (SSSR count). The topological polar surface area (TPSA) is 32.7 Å². The van der Waals surface area contributed by atoms with Gasteiger partial charge in [0.2, 0.25) is 0 Å². The number of aryl methyl sites for hydroxylation is 1. The molecular weight excluding hydrogens is 339 g/mol. The molecule has 1 aliphatic heterocycles. The van der Waals surface area contributed by atoms with Crippen LogP contribution in [0, 0.1) is 12.7 Å². The van der Waals surface area contributed by atoms with Crippen molar-refractivity contribution < 1.29 is 9.18 Å². The van der Waals surface area contributed by atoms with E-state index in [2.05, 4.69) is 4.99 Å². The van der Waals surface area contributed by atoms with Crippen molar-refractivity contribution in [2.24, 2.45) is 4.99 Å². The quantitative estimate of drug-likeness (QED) is 0.610. The maximum Gasteiger partial charge on any atom is 0.282 e. The van der Waals surface area contributed by atoms with Gasteiger partial charge in [0.15, 0.2) is 0 Å². The van der Waals surface area contributed by atoms with E-state index in [4.69, 9.17) is 0 Å². The van der Waals surface area contributed by atoms with Gasteiger partial charge in [-0.2, -0.15) is 0 Å². The molecule has 0 spiro atoms. The summed E-state index contributed by atoms with van der Waals surface area (Å²) in [7, 11) is 0. The summed E-state index contributed by atoms with van der Waals surface area (Å²) in [6, 6.07) is 23.3. The number of halogens is 1. The van der Waals surface area contributed by atoms with Crippen molar-refractivity contribution in [1.29, 1.82) is 0 Å². The first-order chi connectivity index (χ1) is 13.1. The van der Waals surface area contributed by atoms with E-state index in [-0.39, 0.29) is 11.7 Å². The van der Waals surface area contributed by atoms with Gasteiger partial charge in [0.25, 0.3) is 5.91 Å². The van der Waals surface area contributed by atoms with Gasteiger partial charge in [-0.25, -0.2) is 9.38 Å². The normalized spacial score (nSPS) is 15.3. The van der Waals surface area contributed by atoms with Crippen LogP contribution >= 0.6 is 0 Å². The molecule has 1 heterocycles. The first-order valence-corrected chi connectivity index (χ1v) is 8.64. The van der Waals surface area contributed by atoms with Gasteiger partial charge in [-0.15, -0.1) is 0 Å². The van der Waals surface area contributed by atoms with Crippen LogP contribution in [0.25, 0.3) is 6.08 Å². The summed E-state index contributed by atoms with van der Waals surface area (Å²) < 4.78 is 13.2. The van der Waals surface area contributed by atoms with Gasteiger partial charge in [0.05, 0.1) is 5.69 Å². The predicted octanol–water partition coefficient (Wildman–Crippen LogP) is 4.97. The van der Waals surface area contributed by atoms with E-state index in [1.54, 1.807) is 23.1 Å². The van der Waals surface area contributed by atoms with E-state index in [0.29, 0.717) is 11.5 Å². The molecule has 0 saturated heterocycles. The Labute approximate surface area is 157 Å². The summed E-state index contributed by atoms with van der Waals surface area (Å²) in [5, 5.41) is 0. The summed E-state index contributed by atoms with van der Waals surface area (Å²) in [4.78, 5) is 19.3. The van der Waals surface area contributed by atoms with Crippen LogP contribution in [0.15, 0.2) is 89.6 Å². The second-order valence-electron chi connectivity index (χ2n) is 6.36. The van der Waals surface area contributed by atoms with E-state index in [0.717, 1.165) is 22.4 Å².